The zero-order valence-corrected chi connectivity index (χ0v) is 11.3. The summed E-state index contributed by atoms with van der Waals surface area (Å²) in [5.41, 5.74) is 8.25. The second-order valence-corrected chi connectivity index (χ2v) is 4.84. The van der Waals surface area contributed by atoms with Crippen molar-refractivity contribution in [3.8, 4) is 0 Å². The molecule has 1 unspecified atom stereocenters. The lowest BCUT2D eigenvalue weighted by atomic mass is 10.0. The Morgan fingerprint density at radius 3 is 2.37 bits per heavy atom. The summed E-state index contributed by atoms with van der Waals surface area (Å²) in [6.45, 7) is 2.46. The molecule has 1 aliphatic rings. The minimum Gasteiger partial charge on any atom is -0.322 e. The number of imide groups is 1. The molecule has 5 heteroatoms. The number of hydrogen-bond donors (Lipinski definition) is 1. The molecule has 1 aromatic carbocycles. The van der Waals surface area contributed by atoms with Gasteiger partial charge < -0.3 is 10.6 Å². The minimum atomic E-state index is -0.342. The SMILES string of the molecule is CCc1ccc(C(N)CN2C(=O)CN(C)C2=O)cc1. The molecule has 1 fully saturated rings. The zero-order chi connectivity index (χ0) is 14.0. The highest BCUT2D eigenvalue weighted by Crippen LogP contribution is 2.16. The first-order valence-electron chi connectivity index (χ1n) is 6.42. The summed E-state index contributed by atoms with van der Waals surface area (Å²) in [5, 5.41) is 0. The number of nitrogens with two attached hydrogens (primary N) is 1. The fourth-order valence-electron chi connectivity index (χ4n) is 2.15. The van der Waals surface area contributed by atoms with Crippen LogP contribution in [0.25, 0.3) is 0 Å². The van der Waals surface area contributed by atoms with Gasteiger partial charge in [0.05, 0.1) is 0 Å². The first-order chi connectivity index (χ1) is 9.02. The van der Waals surface area contributed by atoms with E-state index < -0.39 is 0 Å². The van der Waals surface area contributed by atoms with Crippen LogP contribution in [0.4, 0.5) is 4.79 Å². The number of amides is 3. The number of nitrogens with zero attached hydrogens (tertiary/aromatic N) is 2. The predicted octanol–water partition coefficient (Wildman–Crippen LogP) is 1.14. The van der Waals surface area contributed by atoms with Crippen LogP contribution < -0.4 is 5.73 Å². The van der Waals surface area contributed by atoms with Crippen molar-refractivity contribution < 1.29 is 9.59 Å². The Hall–Kier alpha value is -1.88. The van der Waals surface area contributed by atoms with Gasteiger partial charge in [0.15, 0.2) is 0 Å². The lowest BCUT2D eigenvalue weighted by Gasteiger charge is -2.19. The average molecular weight is 261 g/mol. The van der Waals surface area contributed by atoms with Gasteiger partial charge in [-0.25, -0.2) is 4.79 Å². The second-order valence-electron chi connectivity index (χ2n) is 4.84. The molecule has 0 aliphatic carbocycles. The number of rotatable bonds is 4. The topological polar surface area (TPSA) is 66.6 Å². The van der Waals surface area contributed by atoms with Crippen LogP contribution in [0, 0.1) is 0 Å². The Morgan fingerprint density at radius 2 is 1.89 bits per heavy atom. The van der Waals surface area contributed by atoms with E-state index in [-0.39, 0.29) is 31.1 Å². The van der Waals surface area contributed by atoms with Crippen molar-refractivity contribution in [1.29, 1.82) is 0 Å². The maximum Gasteiger partial charge on any atom is 0.327 e. The van der Waals surface area contributed by atoms with Crippen molar-refractivity contribution >= 4 is 11.9 Å². The van der Waals surface area contributed by atoms with E-state index in [1.807, 2.05) is 24.3 Å². The summed E-state index contributed by atoms with van der Waals surface area (Å²) in [7, 11) is 1.61. The van der Waals surface area contributed by atoms with Crippen molar-refractivity contribution in [1.82, 2.24) is 9.80 Å². The fraction of sp³-hybridized carbons (Fsp3) is 0.429. The van der Waals surface area contributed by atoms with Gasteiger partial charge in [0.25, 0.3) is 0 Å². The van der Waals surface area contributed by atoms with Crippen LogP contribution in [0.1, 0.15) is 24.1 Å². The molecule has 0 radical (unpaired) electrons. The standard InChI is InChI=1S/C14H19N3O2/c1-3-10-4-6-11(7-5-10)12(15)8-17-13(18)9-16(2)14(17)19/h4-7,12H,3,8-9,15H2,1-2H3. The molecule has 3 amide bonds. The third-order valence-electron chi connectivity index (χ3n) is 3.43. The fourth-order valence-corrected chi connectivity index (χ4v) is 2.15. The predicted molar refractivity (Wildman–Crippen MR) is 72.5 cm³/mol. The molecule has 5 nitrogen and oxygen atoms in total. The van der Waals surface area contributed by atoms with Crippen LogP contribution >= 0.6 is 0 Å². The van der Waals surface area contributed by atoms with E-state index in [1.54, 1.807) is 7.05 Å². The van der Waals surface area contributed by atoms with Gasteiger partial charge in [0.1, 0.15) is 6.54 Å². The van der Waals surface area contributed by atoms with Crippen LogP contribution in [0.2, 0.25) is 0 Å². The van der Waals surface area contributed by atoms with Crippen molar-refractivity contribution in [3.05, 3.63) is 35.4 Å². The zero-order valence-electron chi connectivity index (χ0n) is 11.3. The van der Waals surface area contributed by atoms with Gasteiger partial charge in [-0.1, -0.05) is 31.2 Å². The van der Waals surface area contributed by atoms with Gasteiger partial charge in [0.2, 0.25) is 5.91 Å². The molecule has 2 rings (SSSR count). The van der Waals surface area contributed by atoms with Gasteiger partial charge in [-0.05, 0) is 17.5 Å². The van der Waals surface area contributed by atoms with Gasteiger partial charge in [-0.15, -0.1) is 0 Å². The number of urea groups is 1. The second kappa shape index (κ2) is 5.40. The molecule has 0 bridgehead atoms. The van der Waals surface area contributed by atoms with E-state index >= 15 is 0 Å². The third-order valence-corrected chi connectivity index (χ3v) is 3.43. The lowest BCUT2D eigenvalue weighted by Crippen LogP contribution is -2.37. The van der Waals surface area contributed by atoms with Crippen molar-refractivity contribution in [2.45, 2.75) is 19.4 Å². The molecule has 102 valence electrons. The Bertz CT molecular complexity index is 484. The lowest BCUT2D eigenvalue weighted by molar-refractivity contribution is -0.125. The van der Waals surface area contributed by atoms with E-state index in [4.69, 9.17) is 5.73 Å². The maximum atomic E-state index is 11.8. The molecular formula is C14H19N3O2. The molecule has 0 aromatic heterocycles. The van der Waals surface area contributed by atoms with E-state index in [2.05, 4.69) is 6.92 Å². The van der Waals surface area contributed by atoms with Gasteiger partial charge in [0, 0.05) is 19.6 Å². The number of hydrogen-bond acceptors (Lipinski definition) is 3. The number of aryl methyl sites for hydroxylation is 1. The Labute approximate surface area is 113 Å². The first kappa shape index (κ1) is 13.5. The number of carbonyl (C=O) groups is 2. The molecule has 1 heterocycles. The number of likely N-dealkylation sites (N-methyl/N-ethyl adjacent to an activating group) is 1. The molecule has 1 aromatic rings. The van der Waals surface area contributed by atoms with Crippen LogP contribution in [0.5, 0.6) is 0 Å². The molecule has 1 saturated heterocycles. The van der Waals surface area contributed by atoms with Crippen molar-refractivity contribution in [3.63, 3.8) is 0 Å². The highest BCUT2D eigenvalue weighted by atomic mass is 16.2. The average Bonchev–Trinajstić information content (AvgIpc) is 2.65. The Kier molecular flexibility index (Phi) is 3.85. The van der Waals surface area contributed by atoms with Crippen LogP contribution in [-0.2, 0) is 11.2 Å². The van der Waals surface area contributed by atoms with Crippen molar-refractivity contribution in [2.75, 3.05) is 20.1 Å². The van der Waals surface area contributed by atoms with E-state index in [0.717, 1.165) is 12.0 Å². The Balaban J connectivity index is 2.06. The monoisotopic (exact) mass is 261 g/mol. The molecule has 2 N–H and O–H groups in total. The van der Waals surface area contributed by atoms with Gasteiger partial charge >= 0.3 is 6.03 Å². The minimum absolute atomic E-state index is 0.139. The van der Waals surface area contributed by atoms with Crippen molar-refractivity contribution in [2.24, 2.45) is 5.73 Å². The van der Waals surface area contributed by atoms with E-state index in [9.17, 15) is 9.59 Å². The van der Waals surface area contributed by atoms with Gasteiger partial charge in [-0.2, -0.15) is 0 Å². The van der Waals surface area contributed by atoms with Crippen LogP contribution in [0.3, 0.4) is 0 Å². The summed E-state index contributed by atoms with van der Waals surface area (Å²) in [4.78, 5) is 26.0. The number of benzene rings is 1. The van der Waals surface area contributed by atoms with E-state index in [0.29, 0.717) is 0 Å². The quantitative estimate of drug-likeness (QED) is 0.827. The van der Waals surface area contributed by atoms with Crippen LogP contribution in [-0.4, -0.2) is 41.9 Å². The van der Waals surface area contributed by atoms with E-state index in [1.165, 1.54) is 15.4 Å². The summed E-state index contributed by atoms with van der Waals surface area (Å²) in [6, 6.07) is 7.34. The molecule has 1 aliphatic heterocycles. The summed E-state index contributed by atoms with van der Waals surface area (Å²) in [6.07, 6.45) is 0.976. The Morgan fingerprint density at radius 1 is 1.26 bits per heavy atom. The van der Waals surface area contributed by atoms with Gasteiger partial charge in [-0.3, -0.25) is 9.69 Å². The first-order valence-corrected chi connectivity index (χ1v) is 6.42. The molecule has 0 spiro atoms. The number of carbonyl (C=O) groups excluding carboxylic acids is 2. The summed E-state index contributed by atoms with van der Waals surface area (Å²) < 4.78 is 0. The normalized spacial score (nSPS) is 17.2. The molecule has 1 atom stereocenters. The highest BCUT2D eigenvalue weighted by Gasteiger charge is 2.34. The van der Waals surface area contributed by atoms with Crippen LogP contribution in [0.15, 0.2) is 24.3 Å². The highest BCUT2D eigenvalue weighted by molar-refractivity contribution is 6.01. The third kappa shape index (κ3) is 2.76. The molecule has 19 heavy (non-hydrogen) atoms. The largest absolute Gasteiger partial charge is 0.327 e. The maximum absolute atomic E-state index is 11.8. The molecule has 0 saturated carbocycles. The summed E-state index contributed by atoms with van der Waals surface area (Å²) in [5.74, 6) is -0.187. The smallest absolute Gasteiger partial charge is 0.322 e. The molecular weight excluding hydrogens is 242 g/mol. The summed E-state index contributed by atoms with van der Waals surface area (Å²) >= 11 is 0.